The van der Waals surface area contributed by atoms with Gasteiger partial charge in [-0.1, -0.05) is 18.2 Å². The van der Waals surface area contributed by atoms with Gasteiger partial charge in [0, 0.05) is 24.7 Å². The second kappa shape index (κ2) is 7.22. The molecule has 0 bridgehead atoms. The number of para-hydroxylation sites is 1. The molecule has 0 aliphatic carbocycles. The predicted octanol–water partition coefficient (Wildman–Crippen LogP) is 0.667. The molecule has 0 amide bonds. The zero-order chi connectivity index (χ0) is 11.8. The van der Waals surface area contributed by atoms with Crippen molar-refractivity contribution < 1.29 is 9.84 Å². The third-order valence-electron chi connectivity index (χ3n) is 2.33. The Labute approximate surface area is 96.4 Å². The van der Waals surface area contributed by atoms with E-state index in [1.807, 2.05) is 31.2 Å². The number of aliphatic hydroxyl groups is 1. The lowest BCUT2D eigenvalue weighted by atomic mass is 10.1. The molecule has 1 atom stereocenters. The zero-order valence-electron chi connectivity index (χ0n) is 9.65. The van der Waals surface area contributed by atoms with Crippen molar-refractivity contribution in [2.45, 2.75) is 13.0 Å². The molecule has 0 aliphatic heterocycles. The maximum absolute atomic E-state index is 8.80. The van der Waals surface area contributed by atoms with Crippen LogP contribution < -0.4 is 15.8 Å². The highest BCUT2D eigenvalue weighted by atomic mass is 16.5. The molecule has 0 aliphatic rings. The van der Waals surface area contributed by atoms with E-state index in [0.717, 1.165) is 11.3 Å². The fraction of sp³-hybridized carbons (Fsp3) is 0.500. The minimum absolute atomic E-state index is 0.0231. The first-order valence-corrected chi connectivity index (χ1v) is 5.59. The molecule has 4 heteroatoms. The van der Waals surface area contributed by atoms with Crippen molar-refractivity contribution >= 4 is 0 Å². The average molecular weight is 224 g/mol. The van der Waals surface area contributed by atoms with Gasteiger partial charge >= 0.3 is 0 Å². The van der Waals surface area contributed by atoms with Crippen molar-refractivity contribution in [3.8, 4) is 5.75 Å². The number of ether oxygens (including phenoxy) is 1. The van der Waals surface area contributed by atoms with E-state index in [1.54, 1.807) is 0 Å². The van der Waals surface area contributed by atoms with Gasteiger partial charge < -0.3 is 20.9 Å². The SMILES string of the molecule is CCOc1ccccc1C(CN)NCCO. The van der Waals surface area contributed by atoms with Crippen LogP contribution in [0.5, 0.6) is 5.75 Å². The smallest absolute Gasteiger partial charge is 0.124 e. The van der Waals surface area contributed by atoms with Crippen molar-refractivity contribution in [1.29, 1.82) is 0 Å². The Morgan fingerprint density at radius 3 is 2.81 bits per heavy atom. The van der Waals surface area contributed by atoms with Gasteiger partial charge in [0.15, 0.2) is 0 Å². The lowest BCUT2D eigenvalue weighted by molar-refractivity contribution is 0.282. The second-order valence-electron chi connectivity index (χ2n) is 3.44. The fourth-order valence-electron chi connectivity index (χ4n) is 1.61. The summed E-state index contributed by atoms with van der Waals surface area (Å²) in [5.74, 6) is 0.853. The summed E-state index contributed by atoms with van der Waals surface area (Å²) in [6.07, 6.45) is 0. The van der Waals surface area contributed by atoms with Crippen LogP contribution >= 0.6 is 0 Å². The molecule has 0 heterocycles. The summed E-state index contributed by atoms with van der Waals surface area (Å²) in [5, 5.41) is 12.0. The minimum atomic E-state index is 0.0231. The van der Waals surface area contributed by atoms with E-state index in [0.29, 0.717) is 19.7 Å². The van der Waals surface area contributed by atoms with Crippen molar-refractivity contribution in [1.82, 2.24) is 5.32 Å². The minimum Gasteiger partial charge on any atom is -0.494 e. The van der Waals surface area contributed by atoms with Gasteiger partial charge in [0.2, 0.25) is 0 Å². The zero-order valence-corrected chi connectivity index (χ0v) is 9.65. The second-order valence-corrected chi connectivity index (χ2v) is 3.44. The Morgan fingerprint density at radius 1 is 1.44 bits per heavy atom. The van der Waals surface area contributed by atoms with E-state index in [2.05, 4.69) is 5.32 Å². The average Bonchev–Trinajstić information content (AvgIpc) is 2.32. The molecule has 0 aromatic heterocycles. The number of nitrogens with one attached hydrogen (secondary N) is 1. The highest BCUT2D eigenvalue weighted by Crippen LogP contribution is 2.24. The van der Waals surface area contributed by atoms with Gasteiger partial charge in [-0.15, -0.1) is 0 Å². The maximum Gasteiger partial charge on any atom is 0.124 e. The molecule has 1 aromatic carbocycles. The number of hydrogen-bond acceptors (Lipinski definition) is 4. The van der Waals surface area contributed by atoms with Crippen molar-refractivity contribution in [2.75, 3.05) is 26.3 Å². The molecule has 90 valence electrons. The summed E-state index contributed by atoms with van der Waals surface area (Å²) in [6.45, 7) is 3.70. The molecule has 4 N–H and O–H groups in total. The van der Waals surface area contributed by atoms with Gasteiger partial charge in [-0.25, -0.2) is 0 Å². The van der Waals surface area contributed by atoms with E-state index in [9.17, 15) is 0 Å². The molecule has 1 rings (SSSR count). The first-order chi connectivity index (χ1) is 7.83. The van der Waals surface area contributed by atoms with Gasteiger partial charge in [-0.3, -0.25) is 0 Å². The molecular formula is C12H20N2O2. The third-order valence-corrected chi connectivity index (χ3v) is 2.33. The molecule has 0 spiro atoms. The van der Waals surface area contributed by atoms with Gasteiger partial charge in [-0.2, -0.15) is 0 Å². The number of hydrogen-bond donors (Lipinski definition) is 3. The normalized spacial score (nSPS) is 12.4. The molecular weight excluding hydrogens is 204 g/mol. The molecule has 0 radical (unpaired) electrons. The van der Waals surface area contributed by atoms with Crippen LogP contribution in [0, 0.1) is 0 Å². The summed E-state index contributed by atoms with van der Waals surface area (Å²) in [4.78, 5) is 0. The first-order valence-electron chi connectivity index (χ1n) is 5.59. The molecule has 0 saturated heterocycles. The Kier molecular flexibility index (Phi) is 5.85. The van der Waals surface area contributed by atoms with Gasteiger partial charge in [-0.05, 0) is 13.0 Å². The lowest BCUT2D eigenvalue weighted by Gasteiger charge is -2.19. The van der Waals surface area contributed by atoms with Crippen LogP contribution in [0.15, 0.2) is 24.3 Å². The van der Waals surface area contributed by atoms with Crippen molar-refractivity contribution in [3.05, 3.63) is 29.8 Å². The molecule has 0 saturated carbocycles. The van der Waals surface area contributed by atoms with Crippen LogP contribution in [0.3, 0.4) is 0 Å². The van der Waals surface area contributed by atoms with E-state index >= 15 is 0 Å². The predicted molar refractivity (Wildman–Crippen MR) is 64.5 cm³/mol. The van der Waals surface area contributed by atoms with Crippen LogP contribution in [-0.2, 0) is 0 Å². The van der Waals surface area contributed by atoms with E-state index < -0.39 is 0 Å². The number of aliphatic hydroxyl groups excluding tert-OH is 1. The third kappa shape index (κ3) is 3.48. The summed E-state index contributed by atoms with van der Waals surface area (Å²) < 4.78 is 5.54. The number of nitrogens with two attached hydrogens (primary N) is 1. The van der Waals surface area contributed by atoms with Crippen LogP contribution in [0.4, 0.5) is 0 Å². The van der Waals surface area contributed by atoms with Gasteiger partial charge in [0.05, 0.1) is 13.2 Å². The molecule has 1 unspecified atom stereocenters. The van der Waals surface area contributed by atoms with Crippen LogP contribution in [-0.4, -0.2) is 31.4 Å². The van der Waals surface area contributed by atoms with Crippen LogP contribution in [0.1, 0.15) is 18.5 Å². The highest BCUT2D eigenvalue weighted by molar-refractivity contribution is 5.36. The van der Waals surface area contributed by atoms with Gasteiger partial charge in [0.1, 0.15) is 5.75 Å². The summed E-state index contributed by atoms with van der Waals surface area (Å²) in [5.41, 5.74) is 6.75. The Balaban J connectivity index is 2.81. The maximum atomic E-state index is 8.80. The van der Waals surface area contributed by atoms with Crippen molar-refractivity contribution in [2.24, 2.45) is 5.73 Å². The monoisotopic (exact) mass is 224 g/mol. The summed E-state index contributed by atoms with van der Waals surface area (Å²) in [6, 6.07) is 7.85. The Bertz CT molecular complexity index is 305. The highest BCUT2D eigenvalue weighted by Gasteiger charge is 2.13. The van der Waals surface area contributed by atoms with Crippen molar-refractivity contribution in [3.63, 3.8) is 0 Å². The van der Waals surface area contributed by atoms with E-state index in [-0.39, 0.29) is 12.6 Å². The standard InChI is InChI=1S/C12H20N2O2/c1-2-16-12-6-4-3-5-10(12)11(9-13)14-7-8-15/h3-6,11,14-15H,2,7-9,13H2,1H3. The lowest BCUT2D eigenvalue weighted by Crippen LogP contribution is -2.30. The number of rotatable bonds is 7. The Hall–Kier alpha value is -1.10. The molecule has 16 heavy (non-hydrogen) atoms. The largest absolute Gasteiger partial charge is 0.494 e. The van der Waals surface area contributed by atoms with Gasteiger partial charge in [0.25, 0.3) is 0 Å². The quantitative estimate of drug-likeness (QED) is 0.636. The summed E-state index contributed by atoms with van der Waals surface area (Å²) >= 11 is 0. The fourth-order valence-corrected chi connectivity index (χ4v) is 1.61. The topological polar surface area (TPSA) is 67.5 Å². The Morgan fingerprint density at radius 2 is 2.19 bits per heavy atom. The summed E-state index contributed by atoms with van der Waals surface area (Å²) in [7, 11) is 0. The molecule has 0 fully saturated rings. The first kappa shape index (κ1) is 13.0. The number of benzene rings is 1. The van der Waals surface area contributed by atoms with Crippen LogP contribution in [0.2, 0.25) is 0 Å². The molecule has 4 nitrogen and oxygen atoms in total. The van der Waals surface area contributed by atoms with Crippen LogP contribution in [0.25, 0.3) is 0 Å². The van der Waals surface area contributed by atoms with E-state index in [1.165, 1.54) is 0 Å². The molecule has 1 aromatic rings. The van der Waals surface area contributed by atoms with E-state index in [4.69, 9.17) is 15.6 Å².